The summed E-state index contributed by atoms with van der Waals surface area (Å²) in [7, 11) is 0. The van der Waals surface area contributed by atoms with Crippen LogP contribution in [-0.2, 0) is 6.54 Å². The van der Waals surface area contributed by atoms with Crippen LogP contribution in [0.25, 0.3) is 0 Å². The average Bonchev–Trinajstić information content (AvgIpc) is 2.67. The maximum Gasteiger partial charge on any atom is 0.161 e. The van der Waals surface area contributed by atoms with Crippen LogP contribution in [0, 0.1) is 0 Å². The highest BCUT2D eigenvalue weighted by Crippen LogP contribution is 2.30. The number of hydrogen-bond acceptors (Lipinski definition) is 3. The molecule has 1 aromatic rings. The van der Waals surface area contributed by atoms with Gasteiger partial charge in [0.1, 0.15) is 0 Å². The minimum atomic E-state index is 0.751. The Kier molecular flexibility index (Phi) is 6.02. The molecule has 0 aliphatic carbocycles. The van der Waals surface area contributed by atoms with Crippen molar-refractivity contribution in [1.82, 2.24) is 5.32 Å². The fourth-order valence-electron chi connectivity index (χ4n) is 2.23. The molecular formula is C16H25NO2. The summed E-state index contributed by atoms with van der Waals surface area (Å²) in [4.78, 5) is 0. The lowest BCUT2D eigenvalue weighted by Gasteiger charge is -2.10. The number of unbranched alkanes of at least 4 members (excludes halogenated alkanes) is 3. The van der Waals surface area contributed by atoms with Crippen LogP contribution >= 0.6 is 0 Å². The molecule has 0 spiro atoms. The highest BCUT2D eigenvalue weighted by atomic mass is 16.5. The van der Waals surface area contributed by atoms with E-state index in [4.69, 9.17) is 9.47 Å². The first-order valence-electron chi connectivity index (χ1n) is 7.49. The third kappa shape index (κ3) is 4.75. The highest BCUT2D eigenvalue weighted by Gasteiger charge is 2.10. The first kappa shape index (κ1) is 14.2. The molecule has 19 heavy (non-hydrogen) atoms. The minimum absolute atomic E-state index is 0.751. The Balaban J connectivity index is 1.76. The Morgan fingerprint density at radius 2 is 1.89 bits per heavy atom. The standard InChI is InChI=1S/C16H25NO2/c1-2-3-4-5-9-17-13-14-7-8-15-16(12-14)19-11-6-10-18-15/h7-8,12,17H,2-6,9-11,13H2,1H3. The van der Waals surface area contributed by atoms with Crippen LogP contribution in [0.4, 0.5) is 0 Å². The summed E-state index contributed by atoms with van der Waals surface area (Å²) in [6, 6.07) is 6.24. The van der Waals surface area contributed by atoms with Gasteiger partial charge in [0.2, 0.25) is 0 Å². The van der Waals surface area contributed by atoms with Gasteiger partial charge in [0.05, 0.1) is 13.2 Å². The highest BCUT2D eigenvalue weighted by molar-refractivity contribution is 5.43. The van der Waals surface area contributed by atoms with E-state index in [1.54, 1.807) is 0 Å². The fraction of sp³-hybridized carbons (Fsp3) is 0.625. The van der Waals surface area contributed by atoms with Crippen molar-refractivity contribution in [1.29, 1.82) is 0 Å². The van der Waals surface area contributed by atoms with Crippen LogP contribution in [0.2, 0.25) is 0 Å². The van der Waals surface area contributed by atoms with E-state index in [2.05, 4.69) is 24.4 Å². The van der Waals surface area contributed by atoms with Crippen LogP contribution < -0.4 is 14.8 Å². The van der Waals surface area contributed by atoms with Crippen LogP contribution in [-0.4, -0.2) is 19.8 Å². The first-order valence-corrected chi connectivity index (χ1v) is 7.49. The topological polar surface area (TPSA) is 30.5 Å². The second kappa shape index (κ2) is 8.05. The average molecular weight is 263 g/mol. The zero-order valence-corrected chi connectivity index (χ0v) is 11.9. The van der Waals surface area contributed by atoms with Gasteiger partial charge in [-0.1, -0.05) is 32.3 Å². The van der Waals surface area contributed by atoms with Gasteiger partial charge in [0.15, 0.2) is 11.5 Å². The van der Waals surface area contributed by atoms with Gasteiger partial charge in [0.25, 0.3) is 0 Å². The fourth-order valence-corrected chi connectivity index (χ4v) is 2.23. The molecule has 0 bridgehead atoms. The first-order chi connectivity index (χ1) is 9.40. The van der Waals surface area contributed by atoms with E-state index < -0.39 is 0 Å². The van der Waals surface area contributed by atoms with Crippen molar-refractivity contribution in [2.75, 3.05) is 19.8 Å². The molecule has 3 heteroatoms. The van der Waals surface area contributed by atoms with Crippen LogP contribution in [0.3, 0.4) is 0 Å². The molecule has 0 aromatic heterocycles. The molecule has 1 N–H and O–H groups in total. The molecule has 1 aromatic carbocycles. The third-order valence-electron chi connectivity index (χ3n) is 3.35. The van der Waals surface area contributed by atoms with Gasteiger partial charge in [0, 0.05) is 13.0 Å². The number of ether oxygens (including phenoxy) is 2. The number of rotatable bonds is 7. The summed E-state index contributed by atoms with van der Waals surface area (Å²) in [6.45, 7) is 5.74. The van der Waals surface area contributed by atoms with Gasteiger partial charge >= 0.3 is 0 Å². The van der Waals surface area contributed by atoms with E-state index in [9.17, 15) is 0 Å². The molecule has 1 heterocycles. The molecule has 0 fully saturated rings. The smallest absolute Gasteiger partial charge is 0.161 e. The lowest BCUT2D eigenvalue weighted by Crippen LogP contribution is -2.14. The number of hydrogen-bond donors (Lipinski definition) is 1. The third-order valence-corrected chi connectivity index (χ3v) is 3.35. The molecule has 2 rings (SSSR count). The Bertz CT molecular complexity index is 379. The molecule has 0 saturated heterocycles. The molecule has 1 aliphatic rings. The second-order valence-corrected chi connectivity index (χ2v) is 5.07. The van der Waals surface area contributed by atoms with Gasteiger partial charge in [-0.2, -0.15) is 0 Å². The van der Waals surface area contributed by atoms with Crippen molar-refractivity contribution in [3.8, 4) is 11.5 Å². The van der Waals surface area contributed by atoms with E-state index in [0.717, 1.165) is 44.2 Å². The monoisotopic (exact) mass is 263 g/mol. The molecule has 0 radical (unpaired) electrons. The Morgan fingerprint density at radius 3 is 2.74 bits per heavy atom. The van der Waals surface area contributed by atoms with Crippen LogP contribution in [0.5, 0.6) is 11.5 Å². The van der Waals surface area contributed by atoms with E-state index >= 15 is 0 Å². The molecule has 1 aliphatic heterocycles. The molecule has 106 valence electrons. The summed E-state index contributed by atoms with van der Waals surface area (Å²) in [6.07, 6.45) is 6.18. The van der Waals surface area contributed by atoms with Crippen molar-refractivity contribution in [2.24, 2.45) is 0 Å². The lowest BCUT2D eigenvalue weighted by molar-refractivity contribution is 0.297. The number of benzene rings is 1. The maximum absolute atomic E-state index is 5.70. The maximum atomic E-state index is 5.70. The summed E-state index contributed by atoms with van der Waals surface area (Å²) in [5.41, 5.74) is 1.26. The Morgan fingerprint density at radius 1 is 1.05 bits per heavy atom. The van der Waals surface area contributed by atoms with Crippen molar-refractivity contribution >= 4 is 0 Å². The molecule has 3 nitrogen and oxygen atoms in total. The summed E-state index contributed by atoms with van der Waals surface area (Å²) < 4.78 is 11.3. The van der Waals surface area contributed by atoms with Gasteiger partial charge in [-0.05, 0) is 30.7 Å². The zero-order valence-electron chi connectivity index (χ0n) is 11.9. The molecule has 0 atom stereocenters. The van der Waals surface area contributed by atoms with Crippen LogP contribution in [0.1, 0.15) is 44.6 Å². The summed E-state index contributed by atoms with van der Waals surface area (Å²) in [5.74, 6) is 1.77. The van der Waals surface area contributed by atoms with Crippen molar-refractivity contribution < 1.29 is 9.47 Å². The Labute approximate surface area is 116 Å². The summed E-state index contributed by atoms with van der Waals surface area (Å²) in [5, 5.41) is 3.49. The molecule has 0 unspecified atom stereocenters. The molecule has 0 amide bonds. The summed E-state index contributed by atoms with van der Waals surface area (Å²) >= 11 is 0. The minimum Gasteiger partial charge on any atom is -0.490 e. The molecule has 0 saturated carbocycles. The Hall–Kier alpha value is -1.22. The normalized spacial score (nSPS) is 14.2. The van der Waals surface area contributed by atoms with Crippen LogP contribution in [0.15, 0.2) is 18.2 Å². The van der Waals surface area contributed by atoms with E-state index in [1.807, 2.05) is 6.07 Å². The van der Waals surface area contributed by atoms with Crippen molar-refractivity contribution in [2.45, 2.75) is 45.6 Å². The van der Waals surface area contributed by atoms with E-state index in [-0.39, 0.29) is 0 Å². The quantitative estimate of drug-likeness (QED) is 0.764. The van der Waals surface area contributed by atoms with Gasteiger partial charge < -0.3 is 14.8 Å². The van der Waals surface area contributed by atoms with E-state index in [1.165, 1.54) is 31.2 Å². The number of nitrogens with one attached hydrogen (secondary N) is 1. The lowest BCUT2D eigenvalue weighted by atomic mass is 10.2. The van der Waals surface area contributed by atoms with Crippen molar-refractivity contribution in [3.63, 3.8) is 0 Å². The van der Waals surface area contributed by atoms with Gasteiger partial charge in [-0.25, -0.2) is 0 Å². The van der Waals surface area contributed by atoms with Gasteiger partial charge in [-0.15, -0.1) is 0 Å². The predicted octanol–water partition coefficient (Wildman–Crippen LogP) is 3.52. The van der Waals surface area contributed by atoms with Gasteiger partial charge in [-0.3, -0.25) is 0 Å². The largest absolute Gasteiger partial charge is 0.490 e. The number of fused-ring (bicyclic) bond motifs is 1. The van der Waals surface area contributed by atoms with Crippen molar-refractivity contribution in [3.05, 3.63) is 23.8 Å². The second-order valence-electron chi connectivity index (χ2n) is 5.07. The SMILES string of the molecule is CCCCCCNCc1ccc2c(c1)OCCCO2. The molecular weight excluding hydrogens is 238 g/mol. The zero-order chi connectivity index (χ0) is 13.3. The van der Waals surface area contributed by atoms with E-state index in [0.29, 0.717) is 0 Å². The predicted molar refractivity (Wildman–Crippen MR) is 77.9 cm³/mol.